The van der Waals surface area contributed by atoms with E-state index >= 15 is 0 Å². The number of hydrogen-bond donors (Lipinski definition) is 2. The molecule has 0 heterocycles. The fourth-order valence-corrected chi connectivity index (χ4v) is 2.04. The second-order valence-corrected chi connectivity index (χ2v) is 5.72. The summed E-state index contributed by atoms with van der Waals surface area (Å²) in [5, 5.41) is 2.92. The Morgan fingerprint density at radius 1 is 1.00 bits per heavy atom. The van der Waals surface area contributed by atoms with Crippen LogP contribution in [-0.4, -0.2) is 12.5 Å². The van der Waals surface area contributed by atoms with E-state index in [-0.39, 0.29) is 5.91 Å². The van der Waals surface area contributed by atoms with Crippen molar-refractivity contribution in [3.8, 4) is 0 Å². The van der Waals surface area contributed by atoms with Crippen LogP contribution in [0.2, 0.25) is 0 Å². The van der Waals surface area contributed by atoms with Crippen molar-refractivity contribution in [2.75, 3.05) is 12.3 Å². The third-order valence-corrected chi connectivity index (χ3v) is 3.27. The molecule has 0 fully saturated rings. The van der Waals surface area contributed by atoms with Crippen molar-refractivity contribution in [2.24, 2.45) is 5.92 Å². The second kappa shape index (κ2) is 6.93. The first-order chi connectivity index (χ1) is 10.0. The lowest BCUT2D eigenvalue weighted by Gasteiger charge is -2.08. The van der Waals surface area contributed by atoms with Gasteiger partial charge >= 0.3 is 0 Å². The van der Waals surface area contributed by atoms with E-state index in [4.69, 9.17) is 5.73 Å². The second-order valence-electron chi connectivity index (χ2n) is 5.72. The first kappa shape index (κ1) is 15.1. The SMILES string of the molecule is CC(C)CNC(=O)c1ccc(Cc2ccc(N)cc2)cc1. The van der Waals surface area contributed by atoms with Gasteiger partial charge in [0.15, 0.2) is 0 Å². The highest BCUT2D eigenvalue weighted by molar-refractivity contribution is 5.94. The van der Waals surface area contributed by atoms with Gasteiger partial charge in [-0.3, -0.25) is 4.79 Å². The number of nitrogens with two attached hydrogens (primary N) is 1. The predicted octanol–water partition coefficient (Wildman–Crippen LogP) is 3.25. The van der Waals surface area contributed by atoms with Crippen LogP contribution in [0.25, 0.3) is 0 Å². The molecular weight excluding hydrogens is 260 g/mol. The Morgan fingerprint density at radius 3 is 2.05 bits per heavy atom. The van der Waals surface area contributed by atoms with Crippen LogP contribution in [0, 0.1) is 5.92 Å². The summed E-state index contributed by atoms with van der Waals surface area (Å²) in [5.41, 5.74) is 9.55. The standard InChI is InChI=1S/C18H22N2O/c1-13(2)12-20-18(21)16-7-3-14(4-8-16)11-15-5-9-17(19)10-6-15/h3-10,13H,11-12,19H2,1-2H3,(H,20,21). The molecule has 0 unspecified atom stereocenters. The highest BCUT2D eigenvalue weighted by atomic mass is 16.1. The Morgan fingerprint density at radius 2 is 1.52 bits per heavy atom. The molecule has 3 nitrogen and oxygen atoms in total. The zero-order valence-electron chi connectivity index (χ0n) is 12.6. The van der Waals surface area contributed by atoms with Crippen LogP contribution in [0.4, 0.5) is 5.69 Å². The predicted molar refractivity (Wildman–Crippen MR) is 87.3 cm³/mol. The highest BCUT2D eigenvalue weighted by Crippen LogP contribution is 2.12. The van der Waals surface area contributed by atoms with Gasteiger partial charge in [0.25, 0.3) is 5.91 Å². The largest absolute Gasteiger partial charge is 0.399 e. The van der Waals surface area contributed by atoms with Crippen molar-refractivity contribution in [1.29, 1.82) is 0 Å². The molecule has 0 aliphatic rings. The van der Waals surface area contributed by atoms with E-state index in [2.05, 4.69) is 19.2 Å². The van der Waals surface area contributed by atoms with Crippen LogP contribution in [0.15, 0.2) is 48.5 Å². The van der Waals surface area contributed by atoms with Crippen molar-refractivity contribution in [1.82, 2.24) is 5.32 Å². The normalized spacial score (nSPS) is 10.6. The molecule has 2 aromatic rings. The van der Waals surface area contributed by atoms with Gasteiger partial charge in [0.2, 0.25) is 0 Å². The fraction of sp³-hybridized carbons (Fsp3) is 0.278. The molecular formula is C18H22N2O. The summed E-state index contributed by atoms with van der Waals surface area (Å²) < 4.78 is 0. The molecule has 0 aliphatic heterocycles. The topological polar surface area (TPSA) is 55.1 Å². The summed E-state index contributed by atoms with van der Waals surface area (Å²) in [6.07, 6.45) is 0.841. The van der Waals surface area contributed by atoms with Crippen molar-refractivity contribution >= 4 is 11.6 Å². The summed E-state index contributed by atoms with van der Waals surface area (Å²) >= 11 is 0. The van der Waals surface area contributed by atoms with Gasteiger partial charge in [-0.1, -0.05) is 38.1 Å². The van der Waals surface area contributed by atoms with Crippen LogP contribution < -0.4 is 11.1 Å². The van der Waals surface area contributed by atoms with Gasteiger partial charge < -0.3 is 11.1 Å². The molecule has 21 heavy (non-hydrogen) atoms. The number of amides is 1. The van der Waals surface area contributed by atoms with Crippen LogP contribution >= 0.6 is 0 Å². The first-order valence-corrected chi connectivity index (χ1v) is 7.26. The number of benzene rings is 2. The summed E-state index contributed by atoms with van der Waals surface area (Å²) in [7, 11) is 0. The lowest BCUT2D eigenvalue weighted by molar-refractivity contribution is 0.0949. The molecule has 0 atom stereocenters. The van der Waals surface area contributed by atoms with Gasteiger partial charge in [0.05, 0.1) is 0 Å². The third-order valence-electron chi connectivity index (χ3n) is 3.27. The smallest absolute Gasteiger partial charge is 0.251 e. The maximum Gasteiger partial charge on any atom is 0.251 e. The molecule has 2 rings (SSSR count). The average Bonchev–Trinajstić information content (AvgIpc) is 2.48. The van der Waals surface area contributed by atoms with Gasteiger partial charge in [-0.15, -0.1) is 0 Å². The molecule has 2 aromatic carbocycles. The van der Waals surface area contributed by atoms with E-state index in [9.17, 15) is 4.79 Å². The minimum Gasteiger partial charge on any atom is -0.399 e. The first-order valence-electron chi connectivity index (χ1n) is 7.26. The van der Waals surface area contributed by atoms with Crippen molar-refractivity contribution < 1.29 is 4.79 Å². The Kier molecular flexibility index (Phi) is 4.99. The van der Waals surface area contributed by atoms with Crippen LogP contribution in [-0.2, 0) is 6.42 Å². The van der Waals surface area contributed by atoms with E-state index in [1.165, 1.54) is 11.1 Å². The van der Waals surface area contributed by atoms with Crippen molar-refractivity contribution in [3.63, 3.8) is 0 Å². The molecule has 0 radical (unpaired) electrons. The zero-order valence-corrected chi connectivity index (χ0v) is 12.6. The monoisotopic (exact) mass is 282 g/mol. The molecule has 0 saturated heterocycles. The van der Waals surface area contributed by atoms with E-state index in [0.717, 1.165) is 12.1 Å². The Balaban J connectivity index is 1.98. The van der Waals surface area contributed by atoms with Gasteiger partial charge in [0.1, 0.15) is 0 Å². The lowest BCUT2D eigenvalue weighted by Crippen LogP contribution is -2.27. The number of anilines is 1. The van der Waals surface area contributed by atoms with E-state index in [1.807, 2.05) is 48.5 Å². The minimum absolute atomic E-state index is 0.0114. The van der Waals surface area contributed by atoms with E-state index < -0.39 is 0 Å². The van der Waals surface area contributed by atoms with E-state index in [0.29, 0.717) is 18.0 Å². The number of carbonyl (C=O) groups is 1. The number of nitrogens with one attached hydrogen (secondary N) is 1. The van der Waals surface area contributed by atoms with Crippen LogP contribution in [0.5, 0.6) is 0 Å². The van der Waals surface area contributed by atoms with Gasteiger partial charge in [0, 0.05) is 17.8 Å². The summed E-state index contributed by atoms with van der Waals surface area (Å²) in [4.78, 5) is 11.9. The van der Waals surface area contributed by atoms with Crippen LogP contribution in [0.1, 0.15) is 35.3 Å². The number of carbonyl (C=O) groups excluding carboxylic acids is 1. The van der Waals surface area contributed by atoms with Gasteiger partial charge in [-0.25, -0.2) is 0 Å². The average molecular weight is 282 g/mol. The van der Waals surface area contributed by atoms with Crippen molar-refractivity contribution in [2.45, 2.75) is 20.3 Å². The van der Waals surface area contributed by atoms with Crippen molar-refractivity contribution in [3.05, 3.63) is 65.2 Å². The molecule has 0 spiro atoms. The maximum absolute atomic E-state index is 11.9. The Hall–Kier alpha value is -2.29. The molecule has 1 amide bonds. The third kappa shape index (κ3) is 4.63. The van der Waals surface area contributed by atoms with Gasteiger partial charge in [-0.05, 0) is 47.7 Å². The molecule has 110 valence electrons. The molecule has 3 heteroatoms. The van der Waals surface area contributed by atoms with E-state index in [1.54, 1.807) is 0 Å². The molecule has 0 aromatic heterocycles. The quantitative estimate of drug-likeness (QED) is 0.827. The Labute approximate surface area is 126 Å². The summed E-state index contributed by atoms with van der Waals surface area (Å²) in [5.74, 6) is 0.446. The Bertz CT molecular complexity index is 586. The number of rotatable bonds is 5. The number of hydrogen-bond acceptors (Lipinski definition) is 2. The lowest BCUT2D eigenvalue weighted by atomic mass is 10.0. The highest BCUT2D eigenvalue weighted by Gasteiger charge is 2.06. The molecule has 0 aliphatic carbocycles. The fourth-order valence-electron chi connectivity index (χ4n) is 2.04. The van der Waals surface area contributed by atoms with Crippen LogP contribution in [0.3, 0.4) is 0 Å². The summed E-state index contributed by atoms with van der Waals surface area (Å²) in [6.45, 7) is 4.86. The molecule has 0 bridgehead atoms. The molecule has 0 saturated carbocycles. The zero-order chi connectivity index (χ0) is 15.2. The summed E-state index contributed by atoms with van der Waals surface area (Å²) in [6, 6.07) is 15.6. The van der Waals surface area contributed by atoms with Gasteiger partial charge in [-0.2, -0.15) is 0 Å². The number of nitrogen functional groups attached to an aromatic ring is 1. The minimum atomic E-state index is -0.0114. The maximum atomic E-state index is 11.9. The molecule has 3 N–H and O–H groups in total.